The minimum atomic E-state index is 0.392. The van der Waals surface area contributed by atoms with Crippen LogP contribution >= 0.6 is 11.3 Å². The number of nitrogens with one attached hydrogen (secondary N) is 1. The van der Waals surface area contributed by atoms with E-state index in [-0.39, 0.29) is 0 Å². The molecule has 2 aromatic rings. The molecular formula is C13H16N2S. The van der Waals surface area contributed by atoms with Gasteiger partial charge in [0.05, 0.1) is 5.69 Å². The van der Waals surface area contributed by atoms with E-state index < -0.39 is 0 Å². The third-order valence-electron chi connectivity index (χ3n) is 2.53. The van der Waals surface area contributed by atoms with Gasteiger partial charge in [0.25, 0.3) is 0 Å². The lowest BCUT2D eigenvalue weighted by molar-refractivity contribution is 0.575. The van der Waals surface area contributed by atoms with Gasteiger partial charge in [-0.25, -0.2) is 0 Å². The van der Waals surface area contributed by atoms with Crippen LogP contribution in [0.2, 0.25) is 0 Å². The molecule has 2 rings (SSSR count). The van der Waals surface area contributed by atoms with Crippen LogP contribution in [0.4, 0.5) is 0 Å². The van der Waals surface area contributed by atoms with E-state index in [0.717, 1.165) is 12.2 Å². The monoisotopic (exact) mass is 232 g/mol. The van der Waals surface area contributed by atoms with Crippen molar-refractivity contribution in [2.24, 2.45) is 0 Å². The molecule has 3 heteroatoms. The van der Waals surface area contributed by atoms with E-state index in [9.17, 15) is 0 Å². The topological polar surface area (TPSA) is 24.9 Å². The number of rotatable bonds is 4. The summed E-state index contributed by atoms with van der Waals surface area (Å²) in [6, 6.07) is 8.80. The number of hydrogen-bond acceptors (Lipinski definition) is 3. The van der Waals surface area contributed by atoms with Crippen LogP contribution in [0.1, 0.15) is 29.1 Å². The Labute approximate surface area is 100 Å². The van der Waals surface area contributed by atoms with Crippen LogP contribution in [0.15, 0.2) is 35.8 Å². The number of pyridine rings is 1. The first-order valence-electron chi connectivity index (χ1n) is 5.44. The molecule has 0 aliphatic carbocycles. The first-order chi connectivity index (χ1) is 7.75. The first kappa shape index (κ1) is 11.3. The van der Waals surface area contributed by atoms with E-state index in [1.165, 1.54) is 10.4 Å². The molecule has 2 aromatic heterocycles. The molecule has 0 saturated heterocycles. The zero-order chi connectivity index (χ0) is 11.4. The maximum atomic E-state index is 4.37. The van der Waals surface area contributed by atoms with Crippen LogP contribution < -0.4 is 5.32 Å². The Hall–Kier alpha value is -1.19. The van der Waals surface area contributed by atoms with Crippen molar-refractivity contribution in [1.29, 1.82) is 0 Å². The van der Waals surface area contributed by atoms with Crippen molar-refractivity contribution < 1.29 is 0 Å². The molecule has 0 spiro atoms. The smallest absolute Gasteiger partial charge is 0.0542 e. The van der Waals surface area contributed by atoms with E-state index in [1.54, 1.807) is 11.3 Å². The van der Waals surface area contributed by atoms with E-state index in [1.807, 2.05) is 6.20 Å². The number of aromatic nitrogens is 1. The van der Waals surface area contributed by atoms with Gasteiger partial charge < -0.3 is 5.32 Å². The minimum Gasteiger partial charge on any atom is -0.304 e. The molecule has 0 aliphatic heterocycles. The molecule has 0 fully saturated rings. The van der Waals surface area contributed by atoms with Gasteiger partial charge in [-0.2, -0.15) is 0 Å². The SMILES string of the molecule is Cc1ccc(CN[C@@H](C)c2cccs2)nc1. The van der Waals surface area contributed by atoms with Crippen LogP contribution in [0, 0.1) is 6.92 Å². The molecule has 0 aromatic carbocycles. The van der Waals surface area contributed by atoms with Crippen molar-refractivity contribution in [3.05, 3.63) is 52.0 Å². The highest BCUT2D eigenvalue weighted by molar-refractivity contribution is 7.10. The van der Waals surface area contributed by atoms with Crippen LogP contribution in [0.3, 0.4) is 0 Å². The van der Waals surface area contributed by atoms with Gasteiger partial charge in [-0.15, -0.1) is 11.3 Å². The largest absolute Gasteiger partial charge is 0.304 e. The van der Waals surface area contributed by atoms with Crippen molar-refractivity contribution >= 4 is 11.3 Å². The van der Waals surface area contributed by atoms with Gasteiger partial charge in [0, 0.05) is 23.7 Å². The summed E-state index contributed by atoms with van der Waals surface area (Å²) in [5.74, 6) is 0. The van der Waals surface area contributed by atoms with Crippen molar-refractivity contribution in [1.82, 2.24) is 10.3 Å². The van der Waals surface area contributed by atoms with Crippen molar-refractivity contribution in [3.63, 3.8) is 0 Å². The van der Waals surface area contributed by atoms with Crippen LogP contribution in [0.5, 0.6) is 0 Å². The average molecular weight is 232 g/mol. The Kier molecular flexibility index (Phi) is 3.70. The van der Waals surface area contributed by atoms with E-state index in [4.69, 9.17) is 0 Å². The number of hydrogen-bond donors (Lipinski definition) is 1. The lowest BCUT2D eigenvalue weighted by atomic mass is 10.2. The van der Waals surface area contributed by atoms with Gasteiger partial charge in [-0.05, 0) is 36.9 Å². The van der Waals surface area contributed by atoms with Gasteiger partial charge in [-0.1, -0.05) is 12.1 Å². The summed E-state index contributed by atoms with van der Waals surface area (Å²) in [6.07, 6.45) is 1.91. The zero-order valence-corrected chi connectivity index (χ0v) is 10.4. The van der Waals surface area contributed by atoms with Gasteiger partial charge in [0.1, 0.15) is 0 Å². The number of thiophene rings is 1. The highest BCUT2D eigenvalue weighted by Gasteiger charge is 2.05. The molecule has 1 N–H and O–H groups in total. The molecule has 0 unspecified atom stereocenters. The Bertz CT molecular complexity index is 420. The molecule has 2 nitrogen and oxygen atoms in total. The fourth-order valence-corrected chi connectivity index (χ4v) is 2.26. The predicted molar refractivity (Wildman–Crippen MR) is 68.5 cm³/mol. The molecule has 0 amide bonds. The second-order valence-corrected chi connectivity index (χ2v) is 4.92. The predicted octanol–water partition coefficient (Wildman–Crippen LogP) is 3.30. The Morgan fingerprint density at radius 1 is 1.38 bits per heavy atom. The molecule has 1 atom stereocenters. The third kappa shape index (κ3) is 2.90. The minimum absolute atomic E-state index is 0.392. The summed E-state index contributed by atoms with van der Waals surface area (Å²) in [6.45, 7) is 5.05. The van der Waals surface area contributed by atoms with Crippen molar-refractivity contribution in [3.8, 4) is 0 Å². The highest BCUT2D eigenvalue weighted by Crippen LogP contribution is 2.18. The summed E-state index contributed by atoms with van der Waals surface area (Å²) >= 11 is 1.79. The van der Waals surface area contributed by atoms with Gasteiger partial charge >= 0.3 is 0 Å². The molecule has 0 aliphatic rings. The number of nitrogens with zero attached hydrogens (tertiary/aromatic N) is 1. The van der Waals surface area contributed by atoms with Crippen molar-refractivity contribution in [2.45, 2.75) is 26.4 Å². The third-order valence-corrected chi connectivity index (χ3v) is 3.59. The molecule has 0 bridgehead atoms. The van der Waals surface area contributed by atoms with E-state index in [0.29, 0.717) is 6.04 Å². The maximum absolute atomic E-state index is 4.37. The molecular weight excluding hydrogens is 216 g/mol. The fraction of sp³-hybridized carbons (Fsp3) is 0.308. The van der Waals surface area contributed by atoms with Crippen LogP contribution in [-0.2, 0) is 6.54 Å². The zero-order valence-electron chi connectivity index (χ0n) is 9.60. The second-order valence-electron chi connectivity index (χ2n) is 3.94. The first-order valence-corrected chi connectivity index (χ1v) is 6.32. The lowest BCUT2D eigenvalue weighted by Gasteiger charge is -2.11. The average Bonchev–Trinajstić information content (AvgIpc) is 2.81. The molecule has 2 heterocycles. The maximum Gasteiger partial charge on any atom is 0.0542 e. The van der Waals surface area contributed by atoms with Crippen LogP contribution in [-0.4, -0.2) is 4.98 Å². The second kappa shape index (κ2) is 5.23. The molecule has 0 saturated carbocycles. The normalized spacial score (nSPS) is 12.6. The van der Waals surface area contributed by atoms with Crippen LogP contribution in [0.25, 0.3) is 0 Å². The Balaban J connectivity index is 1.90. The summed E-state index contributed by atoms with van der Waals surface area (Å²) in [5, 5.41) is 5.58. The summed E-state index contributed by atoms with van der Waals surface area (Å²) in [4.78, 5) is 5.74. The van der Waals surface area contributed by atoms with E-state index >= 15 is 0 Å². The number of aryl methyl sites for hydroxylation is 1. The fourth-order valence-electron chi connectivity index (χ4n) is 1.50. The Morgan fingerprint density at radius 3 is 2.88 bits per heavy atom. The van der Waals surface area contributed by atoms with E-state index in [2.05, 4.69) is 53.8 Å². The highest BCUT2D eigenvalue weighted by atomic mass is 32.1. The van der Waals surface area contributed by atoms with Crippen molar-refractivity contribution in [2.75, 3.05) is 0 Å². The summed E-state index contributed by atoms with van der Waals surface area (Å²) in [7, 11) is 0. The van der Waals surface area contributed by atoms with Gasteiger partial charge in [-0.3, -0.25) is 4.98 Å². The summed E-state index contributed by atoms with van der Waals surface area (Å²) in [5.41, 5.74) is 2.30. The molecule has 84 valence electrons. The molecule has 16 heavy (non-hydrogen) atoms. The lowest BCUT2D eigenvalue weighted by Crippen LogP contribution is -2.17. The Morgan fingerprint density at radius 2 is 2.25 bits per heavy atom. The molecule has 0 radical (unpaired) electrons. The van der Waals surface area contributed by atoms with Gasteiger partial charge in [0.2, 0.25) is 0 Å². The van der Waals surface area contributed by atoms with Gasteiger partial charge in [0.15, 0.2) is 0 Å². The standard InChI is InChI=1S/C13H16N2S/c1-10-5-6-12(15-8-10)9-14-11(2)13-4-3-7-16-13/h3-8,11,14H,9H2,1-2H3/t11-/m0/s1. The summed E-state index contributed by atoms with van der Waals surface area (Å²) < 4.78 is 0. The quantitative estimate of drug-likeness (QED) is 0.875.